The van der Waals surface area contributed by atoms with Crippen molar-refractivity contribution in [1.82, 2.24) is 10.6 Å². The molecule has 16 heavy (non-hydrogen) atoms. The van der Waals surface area contributed by atoms with E-state index in [-0.39, 0.29) is 6.09 Å². The van der Waals surface area contributed by atoms with Crippen molar-refractivity contribution >= 4 is 6.09 Å². The lowest BCUT2D eigenvalue weighted by molar-refractivity contribution is 0.147. The molecule has 0 bridgehead atoms. The summed E-state index contributed by atoms with van der Waals surface area (Å²) in [5, 5.41) is 5.68. The van der Waals surface area contributed by atoms with Crippen molar-refractivity contribution < 1.29 is 9.53 Å². The third-order valence-electron chi connectivity index (χ3n) is 2.11. The first-order chi connectivity index (χ1) is 7.83. The number of carbonyl (C=O) groups excluding carboxylic acids is 1. The summed E-state index contributed by atoms with van der Waals surface area (Å²) in [6.07, 6.45) is 0.448. The average Bonchev–Trinajstić information content (AvgIpc) is 2.34. The van der Waals surface area contributed by atoms with Crippen LogP contribution in [0.5, 0.6) is 0 Å². The van der Waals surface area contributed by atoms with Gasteiger partial charge in [0.25, 0.3) is 0 Å². The minimum atomic E-state index is -0.372. The summed E-state index contributed by atoms with van der Waals surface area (Å²) in [6.45, 7) is 2.13. The Morgan fingerprint density at radius 3 is 2.75 bits per heavy atom. The number of benzene rings is 1. The highest BCUT2D eigenvalue weighted by atomic mass is 16.5. The van der Waals surface area contributed by atoms with E-state index in [9.17, 15) is 4.79 Å². The zero-order valence-electron chi connectivity index (χ0n) is 9.53. The van der Waals surface area contributed by atoms with E-state index in [0.29, 0.717) is 6.61 Å². The Hall–Kier alpha value is -1.55. The molecule has 0 heterocycles. The van der Waals surface area contributed by atoms with E-state index in [0.717, 1.165) is 19.5 Å². The first-order valence-corrected chi connectivity index (χ1v) is 5.42. The first kappa shape index (κ1) is 12.5. The fourth-order valence-corrected chi connectivity index (χ4v) is 1.26. The molecule has 0 aromatic heterocycles. The van der Waals surface area contributed by atoms with E-state index in [1.54, 1.807) is 7.05 Å². The number of hydrogen-bond donors (Lipinski definition) is 2. The van der Waals surface area contributed by atoms with Gasteiger partial charge in [-0.15, -0.1) is 0 Å². The summed E-state index contributed by atoms with van der Waals surface area (Å²) < 4.78 is 4.85. The molecule has 0 aliphatic heterocycles. The Bertz CT molecular complexity index is 301. The quantitative estimate of drug-likeness (QED) is 0.717. The van der Waals surface area contributed by atoms with Crippen molar-refractivity contribution in [1.29, 1.82) is 0 Å². The summed E-state index contributed by atoms with van der Waals surface area (Å²) in [4.78, 5) is 10.7. The lowest BCUT2D eigenvalue weighted by atomic mass is 10.2. The minimum absolute atomic E-state index is 0.372. The van der Waals surface area contributed by atoms with Crippen LogP contribution in [0.1, 0.15) is 12.0 Å². The van der Waals surface area contributed by atoms with Crippen molar-refractivity contribution in [2.24, 2.45) is 0 Å². The molecular formula is C12H18N2O2. The van der Waals surface area contributed by atoms with Crippen molar-refractivity contribution in [2.75, 3.05) is 20.2 Å². The second kappa shape index (κ2) is 7.70. The van der Waals surface area contributed by atoms with E-state index in [1.165, 1.54) is 5.56 Å². The molecule has 0 atom stereocenters. The zero-order chi connectivity index (χ0) is 11.6. The molecule has 0 fully saturated rings. The summed E-state index contributed by atoms with van der Waals surface area (Å²) >= 11 is 0. The molecule has 4 nitrogen and oxygen atoms in total. The second-order valence-corrected chi connectivity index (χ2v) is 3.40. The zero-order valence-corrected chi connectivity index (χ0v) is 9.53. The van der Waals surface area contributed by atoms with Crippen LogP contribution in [0.2, 0.25) is 0 Å². The highest BCUT2D eigenvalue weighted by Gasteiger charge is 1.96. The number of alkyl carbamates (subject to hydrolysis) is 1. The smallest absolute Gasteiger partial charge is 0.406 e. The van der Waals surface area contributed by atoms with E-state index in [1.807, 2.05) is 18.2 Å². The van der Waals surface area contributed by atoms with Crippen LogP contribution in [0.4, 0.5) is 4.79 Å². The molecule has 0 saturated carbocycles. The molecule has 0 radical (unpaired) electrons. The SMILES string of the molecule is CNC(=O)OCCCNCc1ccccc1. The number of amides is 1. The molecule has 1 aromatic carbocycles. The van der Waals surface area contributed by atoms with Gasteiger partial charge in [0.2, 0.25) is 0 Å². The van der Waals surface area contributed by atoms with Crippen LogP contribution in [0.25, 0.3) is 0 Å². The highest BCUT2D eigenvalue weighted by molar-refractivity contribution is 5.66. The van der Waals surface area contributed by atoms with Gasteiger partial charge >= 0.3 is 6.09 Å². The third-order valence-corrected chi connectivity index (χ3v) is 2.11. The van der Waals surface area contributed by atoms with Crippen LogP contribution in [0.3, 0.4) is 0 Å². The van der Waals surface area contributed by atoms with Gasteiger partial charge < -0.3 is 15.4 Å². The van der Waals surface area contributed by atoms with Gasteiger partial charge in [-0.05, 0) is 18.5 Å². The van der Waals surface area contributed by atoms with Crippen LogP contribution in [-0.2, 0) is 11.3 Å². The largest absolute Gasteiger partial charge is 0.450 e. The number of nitrogens with one attached hydrogen (secondary N) is 2. The van der Waals surface area contributed by atoms with Crippen LogP contribution >= 0.6 is 0 Å². The lowest BCUT2D eigenvalue weighted by Crippen LogP contribution is -2.22. The molecule has 0 aliphatic rings. The van der Waals surface area contributed by atoms with Crippen molar-refractivity contribution in [3.05, 3.63) is 35.9 Å². The highest BCUT2D eigenvalue weighted by Crippen LogP contribution is 1.96. The molecule has 0 saturated heterocycles. The van der Waals surface area contributed by atoms with Gasteiger partial charge in [0.05, 0.1) is 6.61 Å². The van der Waals surface area contributed by atoms with E-state index in [4.69, 9.17) is 4.74 Å². The fraction of sp³-hybridized carbons (Fsp3) is 0.417. The summed E-state index contributed by atoms with van der Waals surface area (Å²) in [5.74, 6) is 0. The molecule has 0 unspecified atom stereocenters. The Morgan fingerprint density at radius 1 is 1.31 bits per heavy atom. The Balaban J connectivity index is 1.98. The number of hydrogen-bond acceptors (Lipinski definition) is 3. The summed E-state index contributed by atoms with van der Waals surface area (Å²) in [7, 11) is 1.55. The standard InChI is InChI=1S/C12H18N2O2/c1-13-12(15)16-9-5-8-14-10-11-6-3-2-4-7-11/h2-4,6-7,14H,5,8-10H2,1H3,(H,13,15). The second-order valence-electron chi connectivity index (χ2n) is 3.40. The molecule has 88 valence electrons. The van der Waals surface area contributed by atoms with Gasteiger partial charge in [-0.25, -0.2) is 4.79 Å². The molecule has 1 aromatic rings. The molecule has 4 heteroatoms. The molecule has 1 amide bonds. The first-order valence-electron chi connectivity index (χ1n) is 5.42. The number of rotatable bonds is 6. The number of carbonyl (C=O) groups is 1. The van der Waals surface area contributed by atoms with Gasteiger partial charge in [0, 0.05) is 13.6 Å². The topological polar surface area (TPSA) is 50.4 Å². The van der Waals surface area contributed by atoms with E-state index < -0.39 is 0 Å². The van der Waals surface area contributed by atoms with Crippen LogP contribution in [0, 0.1) is 0 Å². The maximum absolute atomic E-state index is 10.7. The van der Waals surface area contributed by atoms with Gasteiger partial charge in [-0.3, -0.25) is 0 Å². The molecular weight excluding hydrogens is 204 g/mol. The van der Waals surface area contributed by atoms with Crippen molar-refractivity contribution in [2.45, 2.75) is 13.0 Å². The molecule has 0 aliphatic carbocycles. The Morgan fingerprint density at radius 2 is 2.06 bits per heavy atom. The monoisotopic (exact) mass is 222 g/mol. The molecule has 2 N–H and O–H groups in total. The Kier molecular flexibility index (Phi) is 6.03. The third kappa shape index (κ3) is 5.36. The summed E-state index contributed by atoms with van der Waals surface area (Å²) in [6, 6.07) is 10.2. The van der Waals surface area contributed by atoms with Crippen LogP contribution in [0.15, 0.2) is 30.3 Å². The maximum Gasteiger partial charge on any atom is 0.406 e. The predicted octanol–water partition coefficient (Wildman–Crippen LogP) is 1.52. The lowest BCUT2D eigenvalue weighted by Gasteiger charge is -2.05. The van der Waals surface area contributed by atoms with Crippen molar-refractivity contribution in [3.8, 4) is 0 Å². The Labute approximate surface area is 96.0 Å². The van der Waals surface area contributed by atoms with Crippen LogP contribution in [-0.4, -0.2) is 26.3 Å². The molecule has 1 rings (SSSR count). The van der Waals surface area contributed by atoms with Gasteiger partial charge in [-0.1, -0.05) is 30.3 Å². The fourth-order valence-electron chi connectivity index (χ4n) is 1.26. The molecule has 0 spiro atoms. The average molecular weight is 222 g/mol. The van der Waals surface area contributed by atoms with Gasteiger partial charge in [0.15, 0.2) is 0 Å². The number of ether oxygens (including phenoxy) is 1. The van der Waals surface area contributed by atoms with Crippen molar-refractivity contribution in [3.63, 3.8) is 0 Å². The van der Waals surface area contributed by atoms with E-state index >= 15 is 0 Å². The van der Waals surface area contributed by atoms with Gasteiger partial charge in [-0.2, -0.15) is 0 Å². The minimum Gasteiger partial charge on any atom is -0.450 e. The predicted molar refractivity (Wildman–Crippen MR) is 63.2 cm³/mol. The van der Waals surface area contributed by atoms with Gasteiger partial charge in [0.1, 0.15) is 0 Å². The maximum atomic E-state index is 10.7. The van der Waals surface area contributed by atoms with E-state index in [2.05, 4.69) is 22.8 Å². The van der Waals surface area contributed by atoms with Crippen LogP contribution < -0.4 is 10.6 Å². The normalized spacial score (nSPS) is 9.81. The summed E-state index contributed by atoms with van der Waals surface area (Å²) in [5.41, 5.74) is 1.26.